The van der Waals surface area contributed by atoms with Gasteiger partial charge in [-0.2, -0.15) is 13.2 Å². The first kappa shape index (κ1) is 13.6. The van der Waals surface area contributed by atoms with Gasteiger partial charge in [-0.1, -0.05) is 0 Å². The summed E-state index contributed by atoms with van der Waals surface area (Å²) < 4.78 is 37.1. The number of hydrogen-bond donors (Lipinski definition) is 2. The fraction of sp³-hybridized carbons (Fsp3) is 0.500. The van der Waals surface area contributed by atoms with Crippen LogP contribution in [0.1, 0.15) is 12.5 Å². The van der Waals surface area contributed by atoms with Crippen molar-refractivity contribution in [1.29, 1.82) is 0 Å². The highest BCUT2D eigenvalue weighted by atomic mass is 19.4. The highest BCUT2D eigenvalue weighted by Gasteiger charge is 2.31. The third-order valence-corrected chi connectivity index (χ3v) is 2.27. The van der Waals surface area contributed by atoms with Crippen molar-refractivity contribution in [3.63, 3.8) is 0 Å². The maximum absolute atomic E-state index is 12.4. The molecule has 4 nitrogen and oxygen atoms in total. The molecule has 0 bridgehead atoms. The molecule has 0 aliphatic heterocycles. The SMILES string of the molecule is CCN(CCO)c1ncc(C(F)(F)F)cc1N. The van der Waals surface area contributed by atoms with Gasteiger partial charge in [-0.3, -0.25) is 0 Å². The lowest BCUT2D eigenvalue weighted by Gasteiger charge is -2.22. The van der Waals surface area contributed by atoms with Gasteiger partial charge >= 0.3 is 6.18 Å². The molecular weight excluding hydrogens is 235 g/mol. The number of nitrogen functional groups attached to an aromatic ring is 1. The Morgan fingerprint density at radius 3 is 2.53 bits per heavy atom. The van der Waals surface area contributed by atoms with Crippen molar-refractivity contribution in [2.45, 2.75) is 13.1 Å². The molecular formula is C10H14F3N3O. The van der Waals surface area contributed by atoms with Crippen molar-refractivity contribution < 1.29 is 18.3 Å². The Kier molecular flexibility index (Phi) is 4.17. The molecule has 96 valence electrons. The zero-order chi connectivity index (χ0) is 13.1. The van der Waals surface area contributed by atoms with Crippen molar-refractivity contribution in [3.05, 3.63) is 17.8 Å². The summed E-state index contributed by atoms with van der Waals surface area (Å²) >= 11 is 0. The van der Waals surface area contributed by atoms with Gasteiger partial charge in [-0.15, -0.1) is 0 Å². The summed E-state index contributed by atoms with van der Waals surface area (Å²) in [5, 5.41) is 8.81. The lowest BCUT2D eigenvalue weighted by atomic mass is 10.2. The van der Waals surface area contributed by atoms with Crippen LogP contribution in [0.15, 0.2) is 12.3 Å². The van der Waals surface area contributed by atoms with E-state index >= 15 is 0 Å². The smallest absolute Gasteiger partial charge is 0.396 e. The molecule has 0 saturated heterocycles. The number of rotatable bonds is 4. The normalized spacial score (nSPS) is 11.6. The fourth-order valence-electron chi connectivity index (χ4n) is 1.43. The highest BCUT2D eigenvalue weighted by molar-refractivity contribution is 5.63. The van der Waals surface area contributed by atoms with E-state index in [1.165, 1.54) is 0 Å². The lowest BCUT2D eigenvalue weighted by molar-refractivity contribution is -0.137. The van der Waals surface area contributed by atoms with E-state index in [9.17, 15) is 13.2 Å². The number of likely N-dealkylation sites (N-methyl/N-ethyl adjacent to an activating group) is 1. The van der Waals surface area contributed by atoms with E-state index in [4.69, 9.17) is 10.8 Å². The van der Waals surface area contributed by atoms with E-state index in [1.54, 1.807) is 11.8 Å². The second-order valence-electron chi connectivity index (χ2n) is 3.44. The Balaban J connectivity index is 3.04. The van der Waals surface area contributed by atoms with Gasteiger partial charge in [0.2, 0.25) is 0 Å². The second kappa shape index (κ2) is 5.22. The third-order valence-electron chi connectivity index (χ3n) is 2.27. The molecule has 0 saturated carbocycles. The molecule has 0 amide bonds. The highest BCUT2D eigenvalue weighted by Crippen LogP contribution is 2.32. The number of aliphatic hydroxyl groups excluding tert-OH is 1. The molecule has 17 heavy (non-hydrogen) atoms. The largest absolute Gasteiger partial charge is 0.417 e. The van der Waals surface area contributed by atoms with Crippen molar-refractivity contribution in [3.8, 4) is 0 Å². The number of hydrogen-bond acceptors (Lipinski definition) is 4. The Labute approximate surface area is 96.9 Å². The first-order valence-electron chi connectivity index (χ1n) is 5.08. The molecule has 1 aromatic heterocycles. The van der Waals surface area contributed by atoms with Crippen LogP contribution in [-0.4, -0.2) is 29.8 Å². The quantitative estimate of drug-likeness (QED) is 0.848. The van der Waals surface area contributed by atoms with Crippen LogP contribution in [0.4, 0.5) is 24.7 Å². The van der Waals surface area contributed by atoms with Gasteiger partial charge in [0.1, 0.15) is 0 Å². The minimum atomic E-state index is -4.45. The Morgan fingerprint density at radius 2 is 2.12 bits per heavy atom. The standard InChI is InChI=1S/C10H14F3N3O/c1-2-16(3-4-17)9-8(14)5-7(6-15-9)10(11,12)13/h5-6,17H,2-4,14H2,1H3. The van der Waals surface area contributed by atoms with Gasteiger partial charge < -0.3 is 15.7 Å². The summed E-state index contributed by atoms with van der Waals surface area (Å²) in [4.78, 5) is 5.31. The van der Waals surface area contributed by atoms with Crippen LogP contribution in [0.5, 0.6) is 0 Å². The summed E-state index contributed by atoms with van der Waals surface area (Å²) in [6.45, 7) is 2.46. The van der Waals surface area contributed by atoms with Gasteiger partial charge in [0.05, 0.1) is 17.9 Å². The number of nitrogens with two attached hydrogens (primary N) is 1. The van der Waals surface area contributed by atoms with Gasteiger partial charge in [-0.05, 0) is 13.0 Å². The number of alkyl halides is 3. The average molecular weight is 249 g/mol. The van der Waals surface area contributed by atoms with Crippen molar-refractivity contribution in [1.82, 2.24) is 4.98 Å². The summed E-state index contributed by atoms with van der Waals surface area (Å²) in [5.41, 5.74) is 4.62. The molecule has 0 atom stereocenters. The van der Waals surface area contributed by atoms with Gasteiger partial charge in [0.25, 0.3) is 0 Å². The molecule has 3 N–H and O–H groups in total. The van der Waals surface area contributed by atoms with Crippen molar-refractivity contribution >= 4 is 11.5 Å². The Morgan fingerprint density at radius 1 is 1.47 bits per heavy atom. The van der Waals surface area contributed by atoms with Crippen LogP contribution in [0, 0.1) is 0 Å². The number of aromatic nitrogens is 1. The summed E-state index contributed by atoms with van der Waals surface area (Å²) in [7, 11) is 0. The van der Waals surface area contributed by atoms with Crippen LogP contribution in [0.3, 0.4) is 0 Å². The number of pyridine rings is 1. The predicted molar refractivity (Wildman–Crippen MR) is 58.6 cm³/mol. The molecule has 0 aliphatic carbocycles. The summed E-state index contributed by atoms with van der Waals surface area (Å²) in [6.07, 6.45) is -3.71. The first-order valence-corrected chi connectivity index (χ1v) is 5.08. The molecule has 0 fully saturated rings. The number of nitrogens with zero attached hydrogens (tertiary/aromatic N) is 2. The summed E-state index contributed by atoms with van der Waals surface area (Å²) in [6, 6.07) is 0.850. The van der Waals surface area contributed by atoms with Crippen LogP contribution < -0.4 is 10.6 Å². The van der Waals surface area contributed by atoms with Crippen LogP contribution in [0.2, 0.25) is 0 Å². The van der Waals surface area contributed by atoms with Crippen LogP contribution in [0.25, 0.3) is 0 Å². The van der Waals surface area contributed by atoms with E-state index in [1.807, 2.05) is 0 Å². The van der Waals surface area contributed by atoms with Crippen LogP contribution >= 0.6 is 0 Å². The zero-order valence-corrected chi connectivity index (χ0v) is 9.33. The number of aliphatic hydroxyl groups is 1. The number of halogens is 3. The minimum absolute atomic E-state index is 0.0462. The molecule has 1 heterocycles. The maximum atomic E-state index is 12.4. The molecule has 7 heteroatoms. The number of anilines is 2. The van der Waals surface area contributed by atoms with E-state index in [-0.39, 0.29) is 24.7 Å². The van der Waals surface area contributed by atoms with Gasteiger partial charge in [0.15, 0.2) is 5.82 Å². The van der Waals surface area contributed by atoms with E-state index in [0.29, 0.717) is 6.54 Å². The molecule has 1 rings (SSSR count). The molecule has 1 aromatic rings. The maximum Gasteiger partial charge on any atom is 0.417 e. The summed E-state index contributed by atoms with van der Waals surface area (Å²) in [5.74, 6) is 0.259. The van der Waals surface area contributed by atoms with Crippen molar-refractivity contribution in [2.24, 2.45) is 0 Å². The molecule has 0 aliphatic rings. The fourth-order valence-corrected chi connectivity index (χ4v) is 1.43. The first-order chi connectivity index (χ1) is 7.90. The third kappa shape index (κ3) is 3.23. The lowest BCUT2D eigenvalue weighted by Crippen LogP contribution is -2.28. The van der Waals surface area contributed by atoms with Crippen LogP contribution in [-0.2, 0) is 6.18 Å². The zero-order valence-electron chi connectivity index (χ0n) is 9.33. The predicted octanol–water partition coefficient (Wildman–Crippen LogP) is 1.50. The Bertz CT molecular complexity index is 382. The molecule has 0 radical (unpaired) electrons. The molecule has 0 aromatic carbocycles. The topological polar surface area (TPSA) is 62.4 Å². The van der Waals surface area contributed by atoms with Crippen molar-refractivity contribution in [2.75, 3.05) is 30.3 Å². The second-order valence-corrected chi connectivity index (χ2v) is 3.44. The van der Waals surface area contributed by atoms with Gasteiger partial charge in [0, 0.05) is 19.3 Å². The van der Waals surface area contributed by atoms with E-state index in [2.05, 4.69) is 4.98 Å². The van der Waals surface area contributed by atoms with E-state index < -0.39 is 11.7 Å². The average Bonchev–Trinajstić information content (AvgIpc) is 2.25. The monoisotopic (exact) mass is 249 g/mol. The molecule has 0 spiro atoms. The van der Waals surface area contributed by atoms with Gasteiger partial charge in [-0.25, -0.2) is 4.98 Å². The Hall–Kier alpha value is -1.50. The minimum Gasteiger partial charge on any atom is -0.396 e. The molecule has 0 unspecified atom stereocenters. The van der Waals surface area contributed by atoms with E-state index in [0.717, 1.165) is 12.3 Å².